The summed E-state index contributed by atoms with van der Waals surface area (Å²) < 4.78 is 38.7. The first-order valence-corrected chi connectivity index (χ1v) is 11.9. The van der Waals surface area contributed by atoms with Crippen molar-refractivity contribution >= 4 is 37.5 Å². The maximum atomic E-state index is 12.9. The van der Waals surface area contributed by atoms with E-state index in [0.29, 0.717) is 42.2 Å². The van der Waals surface area contributed by atoms with Crippen LogP contribution in [0, 0.1) is 5.92 Å². The molecule has 1 aromatic carbocycles. The number of thiazole rings is 1. The third kappa shape index (κ3) is 4.39. The SMILES string of the molecule is C=CCn1c(=NC(=O)C2CCCN(S(C)(=O)=O)C2)sc2c(OC)ccc(OC)c21. The molecule has 0 saturated carbocycles. The molecular weight excluding hydrogens is 414 g/mol. The number of hydrogen-bond donors (Lipinski definition) is 0. The monoisotopic (exact) mass is 439 g/mol. The average molecular weight is 440 g/mol. The molecule has 2 aromatic rings. The normalized spacial score (nSPS) is 18.7. The molecule has 1 aliphatic rings. The smallest absolute Gasteiger partial charge is 0.252 e. The van der Waals surface area contributed by atoms with Gasteiger partial charge in [-0.3, -0.25) is 4.79 Å². The number of sulfonamides is 1. The zero-order valence-electron chi connectivity index (χ0n) is 16.8. The number of carbonyl (C=O) groups excluding carboxylic acids is 1. The Kier molecular flexibility index (Phi) is 6.45. The van der Waals surface area contributed by atoms with Gasteiger partial charge in [0.1, 0.15) is 21.7 Å². The largest absolute Gasteiger partial charge is 0.495 e. The van der Waals surface area contributed by atoms with Crippen molar-refractivity contribution in [3.8, 4) is 11.5 Å². The standard InChI is InChI=1S/C19H25N3O5S2/c1-5-10-22-16-14(26-2)8-9-15(27-3)17(16)28-19(22)20-18(23)13-7-6-11-21(12-13)29(4,24)25/h5,8-9,13H,1,6-7,10-12H2,2-4H3. The number of benzene rings is 1. The molecule has 0 spiro atoms. The lowest BCUT2D eigenvalue weighted by Gasteiger charge is -2.28. The van der Waals surface area contributed by atoms with E-state index in [9.17, 15) is 13.2 Å². The molecule has 1 aliphatic heterocycles. The molecule has 3 rings (SSSR count). The molecule has 29 heavy (non-hydrogen) atoms. The van der Waals surface area contributed by atoms with Gasteiger partial charge in [0.2, 0.25) is 10.0 Å². The predicted octanol–water partition coefficient (Wildman–Crippen LogP) is 2.00. The zero-order valence-corrected chi connectivity index (χ0v) is 18.4. The van der Waals surface area contributed by atoms with Crippen molar-refractivity contribution < 1.29 is 22.7 Å². The lowest BCUT2D eigenvalue weighted by molar-refractivity contribution is -0.122. The van der Waals surface area contributed by atoms with Gasteiger partial charge in [-0.2, -0.15) is 4.99 Å². The van der Waals surface area contributed by atoms with E-state index in [-0.39, 0.29) is 12.5 Å². The summed E-state index contributed by atoms with van der Waals surface area (Å²) in [5.74, 6) is 0.539. The van der Waals surface area contributed by atoms with Gasteiger partial charge in [-0.1, -0.05) is 17.4 Å². The molecular formula is C19H25N3O5S2. The van der Waals surface area contributed by atoms with Crippen molar-refractivity contribution in [2.75, 3.05) is 33.6 Å². The first kappa shape index (κ1) is 21.5. The van der Waals surface area contributed by atoms with Gasteiger partial charge < -0.3 is 14.0 Å². The molecule has 2 heterocycles. The predicted molar refractivity (Wildman–Crippen MR) is 113 cm³/mol. The van der Waals surface area contributed by atoms with E-state index < -0.39 is 15.9 Å². The van der Waals surface area contributed by atoms with Gasteiger partial charge in [0.05, 0.1) is 26.4 Å². The van der Waals surface area contributed by atoms with Crippen molar-refractivity contribution in [2.45, 2.75) is 19.4 Å². The quantitative estimate of drug-likeness (QED) is 0.642. The van der Waals surface area contributed by atoms with E-state index in [2.05, 4.69) is 11.6 Å². The van der Waals surface area contributed by atoms with E-state index in [1.54, 1.807) is 20.3 Å². The van der Waals surface area contributed by atoms with Crippen LogP contribution in [0.1, 0.15) is 12.8 Å². The van der Waals surface area contributed by atoms with Gasteiger partial charge in [0.25, 0.3) is 5.91 Å². The first-order chi connectivity index (χ1) is 13.8. The van der Waals surface area contributed by atoms with Crippen molar-refractivity contribution in [1.82, 2.24) is 8.87 Å². The van der Waals surface area contributed by atoms with Gasteiger partial charge in [-0.05, 0) is 25.0 Å². The van der Waals surface area contributed by atoms with Gasteiger partial charge in [-0.25, -0.2) is 12.7 Å². The Labute approximate surface area is 174 Å². The summed E-state index contributed by atoms with van der Waals surface area (Å²) >= 11 is 1.33. The van der Waals surface area contributed by atoms with Gasteiger partial charge in [-0.15, -0.1) is 6.58 Å². The number of aromatic nitrogens is 1. The molecule has 1 atom stereocenters. The van der Waals surface area contributed by atoms with Crippen LogP contribution in [0.25, 0.3) is 10.2 Å². The minimum atomic E-state index is -3.33. The molecule has 158 valence electrons. The Hall–Kier alpha value is -2.17. The van der Waals surface area contributed by atoms with Crippen LogP contribution in [0.15, 0.2) is 29.8 Å². The van der Waals surface area contributed by atoms with E-state index in [1.807, 2.05) is 16.7 Å². The highest BCUT2D eigenvalue weighted by atomic mass is 32.2. The van der Waals surface area contributed by atoms with E-state index in [0.717, 1.165) is 10.2 Å². The number of hydrogen-bond acceptors (Lipinski definition) is 6. The maximum Gasteiger partial charge on any atom is 0.252 e. The van der Waals surface area contributed by atoms with Crippen LogP contribution in [-0.4, -0.2) is 56.8 Å². The Balaban J connectivity index is 2.08. The molecule has 1 unspecified atom stereocenters. The summed E-state index contributed by atoms with van der Waals surface area (Å²) in [6, 6.07) is 3.62. The van der Waals surface area contributed by atoms with Gasteiger partial charge in [0.15, 0.2) is 4.80 Å². The molecule has 1 saturated heterocycles. The molecule has 0 radical (unpaired) electrons. The second-order valence-corrected chi connectivity index (χ2v) is 9.80. The van der Waals surface area contributed by atoms with Gasteiger partial charge >= 0.3 is 0 Å². The lowest BCUT2D eigenvalue weighted by atomic mass is 9.99. The van der Waals surface area contributed by atoms with E-state index in [1.165, 1.54) is 21.9 Å². The highest BCUT2D eigenvalue weighted by molar-refractivity contribution is 7.88. The molecule has 0 bridgehead atoms. The number of piperidine rings is 1. The minimum absolute atomic E-state index is 0.167. The van der Waals surface area contributed by atoms with Crippen LogP contribution >= 0.6 is 11.3 Å². The van der Waals surface area contributed by atoms with Crippen molar-refractivity contribution in [2.24, 2.45) is 10.9 Å². The van der Waals surface area contributed by atoms with Crippen LogP contribution in [0.2, 0.25) is 0 Å². The van der Waals surface area contributed by atoms with E-state index >= 15 is 0 Å². The van der Waals surface area contributed by atoms with Crippen LogP contribution in [0.3, 0.4) is 0 Å². The Morgan fingerprint density at radius 2 is 2.03 bits per heavy atom. The highest BCUT2D eigenvalue weighted by Crippen LogP contribution is 2.35. The second kappa shape index (κ2) is 8.68. The number of carbonyl (C=O) groups is 1. The third-order valence-corrected chi connectivity index (χ3v) is 7.27. The summed E-state index contributed by atoms with van der Waals surface area (Å²) in [6.45, 7) is 4.85. The summed E-state index contributed by atoms with van der Waals surface area (Å²) in [5, 5.41) is 0. The summed E-state index contributed by atoms with van der Waals surface area (Å²) in [7, 11) is -0.160. The third-order valence-electron chi connectivity index (χ3n) is 4.91. The van der Waals surface area contributed by atoms with E-state index in [4.69, 9.17) is 9.47 Å². The molecule has 10 heteroatoms. The van der Waals surface area contributed by atoms with Crippen LogP contribution in [0.4, 0.5) is 0 Å². The second-order valence-electron chi connectivity index (χ2n) is 6.84. The maximum absolute atomic E-state index is 12.9. The average Bonchev–Trinajstić information content (AvgIpc) is 3.05. The van der Waals surface area contributed by atoms with Crippen LogP contribution in [-0.2, 0) is 21.4 Å². The summed E-state index contributed by atoms with van der Waals surface area (Å²) in [5.41, 5.74) is 0.782. The van der Waals surface area contributed by atoms with Crippen molar-refractivity contribution in [3.05, 3.63) is 29.6 Å². The molecule has 1 aromatic heterocycles. The van der Waals surface area contributed by atoms with Crippen molar-refractivity contribution in [3.63, 3.8) is 0 Å². The topological polar surface area (TPSA) is 90.2 Å². The fourth-order valence-corrected chi connectivity index (χ4v) is 5.53. The first-order valence-electron chi connectivity index (χ1n) is 9.19. The summed E-state index contributed by atoms with van der Waals surface area (Å²) in [6.07, 6.45) is 4.15. The lowest BCUT2D eigenvalue weighted by Crippen LogP contribution is -2.41. The van der Waals surface area contributed by atoms with Crippen molar-refractivity contribution in [1.29, 1.82) is 0 Å². The Morgan fingerprint density at radius 3 is 2.66 bits per heavy atom. The molecule has 0 N–H and O–H groups in total. The number of fused-ring (bicyclic) bond motifs is 1. The van der Waals surface area contributed by atoms with Crippen LogP contribution in [0.5, 0.6) is 11.5 Å². The number of ether oxygens (including phenoxy) is 2. The fourth-order valence-electron chi connectivity index (χ4n) is 3.47. The zero-order chi connectivity index (χ0) is 21.2. The van der Waals surface area contributed by atoms with Gasteiger partial charge in [0, 0.05) is 19.6 Å². The number of rotatable bonds is 6. The Bertz CT molecular complexity index is 1100. The Morgan fingerprint density at radius 1 is 1.34 bits per heavy atom. The number of methoxy groups -OCH3 is 2. The number of amides is 1. The molecule has 1 amide bonds. The molecule has 0 aliphatic carbocycles. The molecule has 1 fully saturated rings. The number of allylic oxidation sites excluding steroid dienone is 1. The summed E-state index contributed by atoms with van der Waals surface area (Å²) in [4.78, 5) is 17.8. The fraction of sp³-hybridized carbons (Fsp3) is 0.474. The number of nitrogens with zero attached hydrogens (tertiary/aromatic N) is 3. The highest BCUT2D eigenvalue weighted by Gasteiger charge is 2.30. The minimum Gasteiger partial charge on any atom is -0.495 e. The van der Waals surface area contributed by atoms with Crippen LogP contribution < -0.4 is 14.3 Å². The molecule has 8 nitrogen and oxygen atoms in total.